The Kier molecular flexibility index (Phi) is 2.93. The van der Waals surface area contributed by atoms with E-state index in [4.69, 9.17) is 4.52 Å². The van der Waals surface area contributed by atoms with Crippen LogP contribution in [-0.2, 0) is 6.42 Å². The van der Waals surface area contributed by atoms with Crippen LogP contribution in [0.5, 0.6) is 0 Å². The molecule has 0 aliphatic carbocycles. The summed E-state index contributed by atoms with van der Waals surface area (Å²) in [5.41, 5.74) is 2.59. The largest absolute Gasteiger partial charge is 0.361 e. The molecule has 4 rings (SSSR count). The molecular formula is C13H11N7OS. The molecule has 0 radical (unpaired) electrons. The van der Waals surface area contributed by atoms with Crippen LogP contribution in [0.1, 0.15) is 22.0 Å². The van der Waals surface area contributed by atoms with Crippen LogP contribution in [0.15, 0.2) is 23.1 Å². The van der Waals surface area contributed by atoms with Gasteiger partial charge in [-0.2, -0.15) is 9.61 Å². The molecule has 0 N–H and O–H groups in total. The van der Waals surface area contributed by atoms with Gasteiger partial charge in [-0.15, -0.1) is 10.2 Å². The van der Waals surface area contributed by atoms with Gasteiger partial charge in [-0.05, 0) is 13.8 Å². The van der Waals surface area contributed by atoms with E-state index in [0.717, 1.165) is 27.0 Å². The van der Waals surface area contributed by atoms with Crippen molar-refractivity contribution in [1.29, 1.82) is 0 Å². The van der Waals surface area contributed by atoms with Crippen LogP contribution in [0.3, 0.4) is 0 Å². The molecule has 110 valence electrons. The predicted octanol–water partition coefficient (Wildman–Crippen LogP) is 1.84. The summed E-state index contributed by atoms with van der Waals surface area (Å²) < 4.78 is 6.89. The van der Waals surface area contributed by atoms with Gasteiger partial charge >= 0.3 is 0 Å². The lowest BCUT2D eigenvalue weighted by Gasteiger charge is -1.95. The van der Waals surface area contributed by atoms with Crippen LogP contribution < -0.4 is 0 Å². The normalized spacial score (nSPS) is 11.4. The van der Waals surface area contributed by atoms with Gasteiger partial charge in [0.15, 0.2) is 0 Å². The van der Waals surface area contributed by atoms with Gasteiger partial charge in [0.1, 0.15) is 16.5 Å². The summed E-state index contributed by atoms with van der Waals surface area (Å²) in [6, 6.07) is 0. The Morgan fingerprint density at radius 3 is 2.86 bits per heavy atom. The quantitative estimate of drug-likeness (QED) is 0.569. The first-order chi connectivity index (χ1) is 10.7. The van der Waals surface area contributed by atoms with Gasteiger partial charge in [0.05, 0.1) is 11.9 Å². The maximum absolute atomic E-state index is 5.19. The van der Waals surface area contributed by atoms with E-state index >= 15 is 0 Å². The van der Waals surface area contributed by atoms with Gasteiger partial charge in [0.25, 0.3) is 0 Å². The molecule has 0 spiro atoms. The first kappa shape index (κ1) is 13.0. The van der Waals surface area contributed by atoms with Gasteiger partial charge in [-0.1, -0.05) is 16.5 Å². The fourth-order valence-electron chi connectivity index (χ4n) is 2.21. The van der Waals surface area contributed by atoms with Crippen LogP contribution in [-0.4, -0.2) is 34.9 Å². The van der Waals surface area contributed by atoms with E-state index < -0.39 is 0 Å². The number of rotatable bonds is 3. The highest BCUT2D eigenvalue weighted by Gasteiger charge is 2.17. The maximum atomic E-state index is 5.19. The Balaban J connectivity index is 1.75. The maximum Gasteiger partial charge on any atom is 0.235 e. The van der Waals surface area contributed by atoms with Crippen LogP contribution in [0.25, 0.3) is 16.5 Å². The number of aromatic nitrogens is 7. The Morgan fingerprint density at radius 1 is 1.23 bits per heavy atom. The first-order valence-corrected chi connectivity index (χ1v) is 7.43. The third kappa shape index (κ3) is 2.06. The van der Waals surface area contributed by atoms with Crippen LogP contribution in [0, 0.1) is 13.8 Å². The van der Waals surface area contributed by atoms with E-state index in [1.807, 2.05) is 13.8 Å². The summed E-state index contributed by atoms with van der Waals surface area (Å²) in [7, 11) is 0. The van der Waals surface area contributed by atoms with Crippen molar-refractivity contribution in [2.45, 2.75) is 20.3 Å². The van der Waals surface area contributed by atoms with Crippen molar-refractivity contribution >= 4 is 16.3 Å². The molecule has 0 unspecified atom stereocenters. The molecular weight excluding hydrogens is 302 g/mol. The summed E-state index contributed by atoms with van der Waals surface area (Å²) in [5.74, 6) is 1.40. The number of hydrogen-bond acceptors (Lipinski definition) is 8. The smallest absolute Gasteiger partial charge is 0.235 e. The third-order valence-electron chi connectivity index (χ3n) is 3.33. The van der Waals surface area contributed by atoms with Crippen molar-refractivity contribution < 1.29 is 4.52 Å². The molecule has 0 bridgehead atoms. The van der Waals surface area contributed by atoms with Gasteiger partial charge < -0.3 is 4.52 Å². The average Bonchev–Trinajstić information content (AvgIpc) is 3.18. The lowest BCUT2D eigenvalue weighted by Crippen LogP contribution is -1.96. The Morgan fingerprint density at radius 2 is 2.14 bits per heavy atom. The monoisotopic (exact) mass is 313 g/mol. The van der Waals surface area contributed by atoms with Crippen LogP contribution in [0.4, 0.5) is 0 Å². The zero-order valence-electron chi connectivity index (χ0n) is 11.9. The van der Waals surface area contributed by atoms with Crippen molar-refractivity contribution in [3.8, 4) is 11.5 Å². The molecule has 0 amide bonds. The summed E-state index contributed by atoms with van der Waals surface area (Å²) in [6.07, 6.45) is 5.54. The predicted molar refractivity (Wildman–Crippen MR) is 78.5 cm³/mol. The minimum atomic E-state index is 0.587. The summed E-state index contributed by atoms with van der Waals surface area (Å²) in [6.45, 7) is 3.83. The summed E-state index contributed by atoms with van der Waals surface area (Å²) in [5, 5.41) is 17.7. The average molecular weight is 313 g/mol. The molecule has 0 saturated heterocycles. The minimum absolute atomic E-state index is 0.587. The Hall–Kier alpha value is -2.68. The first-order valence-electron chi connectivity index (χ1n) is 6.61. The highest BCUT2D eigenvalue weighted by Crippen LogP contribution is 2.23. The highest BCUT2D eigenvalue weighted by atomic mass is 32.1. The fraction of sp³-hybridized carbons (Fsp3) is 0.231. The van der Waals surface area contributed by atoms with Crippen molar-refractivity contribution in [1.82, 2.24) is 34.9 Å². The lowest BCUT2D eigenvalue weighted by molar-refractivity contribution is 0.392. The summed E-state index contributed by atoms with van der Waals surface area (Å²) in [4.78, 5) is 9.01. The third-order valence-corrected chi connectivity index (χ3v) is 4.23. The van der Waals surface area contributed by atoms with Crippen molar-refractivity contribution in [3.05, 3.63) is 40.6 Å². The van der Waals surface area contributed by atoms with Gasteiger partial charge in [-0.3, -0.25) is 4.98 Å². The molecule has 4 heterocycles. The van der Waals surface area contributed by atoms with E-state index in [1.54, 1.807) is 23.1 Å². The Bertz CT molecular complexity index is 921. The molecule has 22 heavy (non-hydrogen) atoms. The molecule has 0 saturated carbocycles. The molecule has 0 aliphatic rings. The van der Waals surface area contributed by atoms with Crippen molar-refractivity contribution in [2.24, 2.45) is 0 Å². The standard InChI is InChI=1S/C13H11N7OS/c1-7-9(8(2)21-19-7)5-11-18-20-12(16-17-13(20)22-11)10-6-14-3-4-15-10/h3-4,6H,5H2,1-2H3. The van der Waals surface area contributed by atoms with E-state index in [0.29, 0.717) is 17.9 Å². The van der Waals surface area contributed by atoms with Gasteiger partial charge in [-0.25, -0.2) is 4.98 Å². The van der Waals surface area contributed by atoms with Gasteiger partial charge in [0, 0.05) is 24.4 Å². The summed E-state index contributed by atoms with van der Waals surface area (Å²) >= 11 is 1.49. The SMILES string of the molecule is Cc1noc(C)c1Cc1nn2c(-c3cnccn3)nnc2s1. The fourth-order valence-corrected chi connectivity index (χ4v) is 3.05. The zero-order valence-corrected chi connectivity index (χ0v) is 12.7. The number of fused-ring (bicyclic) bond motifs is 1. The molecule has 4 aromatic heterocycles. The highest BCUT2D eigenvalue weighted by molar-refractivity contribution is 7.16. The minimum Gasteiger partial charge on any atom is -0.361 e. The van der Waals surface area contributed by atoms with Crippen LogP contribution in [0.2, 0.25) is 0 Å². The number of nitrogens with zero attached hydrogens (tertiary/aromatic N) is 7. The second-order valence-corrected chi connectivity index (χ2v) is 5.82. The van der Waals surface area contributed by atoms with E-state index in [9.17, 15) is 0 Å². The number of aryl methyl sites for hydroxylation is 2. The molecule has 0 aromatic carbocycles. The Labute approximate surface area is 128 Å². The molecule has 9 heteroatoms. The topological polar surface area (TPSA) is 94.9 Å². The molecule has 0 aliphatic heterocycles. The zero-order chi connectivity index (χ0) is 15.1. The van der Waals surface area contributed by atoms with E-state index in [1.165, 1.54) is 11.3 Å². The second-order valence-electron chi connectivity index (χ2n) is 4.78. The van der Waals surface area contributed by atoms with Crippen molar-refractivity contribution in [3.63, 3.8) is 0 Å². The second kappa shape index (κ2) is 4.95. The lowest BCUT2D eigenvalue weighted by atomic mass is 10.1. The van der Waals surface area contributed by atoms with Crippen molar-refractivity contribution in [2.75, 3.05) is 0 Å². The van der Waals surface area contributed by atoms with E-state index in [2.05, 4.69) is 30.4 Å². The molecule has 4 aromatic rings. The van der Waals surface area contributed by atoms with E-state index in [-0.39, 0.29) is 0 Å². The van der Waals surface area contributed by atoms with Gasteiger partial charge in [0.2, 0.25) is 10.8 Å². The molecule has 0 fully saturated rings. The number of hydrogen-bond donors (Lipinski definition) is 0. The molecule has 8 nitrogen and oxygen atoms in total. The van der Waals surface area contributed by atoms with Crippen LogP contribution >= 0.6 is 11.3 Å². The molecule has 0 atom stereocenters.